The molecule has 0 bridgehead atoms. The second kappa shape index (κ2) is 4.97. The van der Waals surface area contributed by atoms with Crippen molar-refractivity contribution >= 4 is 22.4 Å². The lowest BCUT2D eigenvalue weighted by Gasteiger charge is -2.14. The van der Waals surface area contributed by atoms with Crippen LogP contribution in [0.25, 0.3) is 0 Å². The molecular weight excluding hydrogens is 262 g/mol. The van der Waals surface area contributed by atoms with Gasteiger partial charge in [0.05, 0.1) is 17.5 Å². The van der Waals surface area contributed by atoms with E-state index in [1.807, 2.05) is 5.38 Å². The molecule has 0 aliphatic heterocycles. The summed E-state index contributed by atoms with van der Waals surface area (Å²) in [5.74, 6) is -0.540. The molecule has 0 aliphatic carbocycles. The van der Waals surface area contributed by atoms with Gasteiger partial charge >= 0.3 is 0 Å². The van der Waals surface area contributed by atoms with Crippen LogP contribution in [0.4, 0.5) is 5.13 Å². The molecule has 2 aromatic rings. The Morgan fingerprint density at radius 1 is 1.42 bits per heavy atom. The predicted molar refractivity (Wildman–Crippen MR) is 74.7 cm³/mol. The van der Waals surface area contributed by atoms with Crippen LogP contribution in [0.15, 0.2) is 23.8 Å². The fourth-order valence-electron chi connectivity index (χ4n) is 1.42. The Balaban J connectivity index is 2.16. The zero-order valence-electron chi connectivity index (χ0n) is 11.0. The molecule has 2 aromatic heterocycles. The molecular formula is C13H15N3O2S. The number of pyridine rings is 1. The second-order valence-electron chi connectivity index (χ2n) is 5.13. The number of aromatic hydroxyl groups is 1. The first-order valence-electron chi connectivity index (χ1n) is 5.78. The molecule has 0 spiro atoms. The molecule has 6 heteroatoms. The summed E-state index contributed by atoms with van der Waals surface area (Å²) < 4.78 is 0. The molecule has 100 valence electrons. The summed E-state index contributed by atoms with van der Waals surface area (Å²) in [6, 6.07) is 1.46. The number of rotatable bonds is 2. The molecule has 0 saturated heterocycles. The Kier molecular flexibility index (Phi) is 3.53. The van der Waals surface area contributed by atoms with Gasteiger partial charge in [-0.2, -0.15) is 0 Å². The third-order valence-electron chi connectivity index (χ3n) is 2.54. The summed E-state index contributed by atoms with van der Waals surface area (Å²) >= 11 is 1.36. The Morgan fingerprint density at radius 3 is 2.74 bits per heavy atom. The highest BCUT2D eigenvalue weighted by Crippen LogP contribution is 2.27. The van der Waals surface area contributed by atoms with Crippen LogP contribution in [0.5, 0.6) is 5.75 Å². The summed E-state index contributed by atoms with van der Waals surface area (Å²) in [6.45, 7) is 6.17. The summed E-state index contributed by atoms with van der Waals surface area (Å²) in [6.07, 6.45) is 2.69. The molecule has 1 amide bonds. The summed E-state index contributed by atoms with van der Waals surface area (Å²) in [5.41, 5.74) is 1.05. The number of aromatic nitrogens is 2. The number of carbonyl (C=O) groups is 1. The van der Waals surface area contributed by atoms with Gasteiger partial charge in [-0.3, -0.25) is 15.1 Å². The van der Waals surface area contributed by atoms with E-state index in [-0.39, 0.29) is 16.7 Å². The van der Waals surface area contributed by atoms with Gasteiger partial charge in [-0.05, 0) is 6.07 Å². The van der Waals surface area contributed by atoms with Crippen molar-refractivity contribution in [1.82, 2.24) is 9.97 Å². The van der Waals surface area contributed by atoms with Crippen molar-refractivity contribution in [2.75, 3.05) is 5.32 Å². The number of hydrogen-bond donors (Lipinski definition) is 2. The Morgan fingerprint density at radius 2 is 2.16 bits per heavy atom. The van der Waals surface area contributed by atoms with Crippen LogP contribution in [0, 0.1) is 0 Å². The molecule has 0 radical (unpaired) electrons. The SMILES string of the molecule is CC(C)(C)c1csc(NC(=O)c2ccncc2O)n1. The summed E-state index contributed by atoms with van der Waals surface area (Å²) in [5, 5.41) is 14.7. The number of anilines is 1. The van der Waals surface area contributed by atoms with Crippen LogP contribution < -0.4 is 5.32 Å². The van der Waals surface area contributed by atoms with Gasteiger partial charge in [-0.15, -0.1) is 11.3 Å². The molecule has 2 N–H and O–H groups in total. The second-order valence-corrected chi connectivity index (χ2v) is 5.99. The molecule has 0 aliphatic rings. The van der Waals surface area contributed by atoms with Crippen LogP contribution in [0.3, 0.4) is 0 Å². The highest BCUT2D eigenvalue weighted by molar-refractivity contribution is 7.14. The van der Waals surface area contributed by atoms with Crippen molar-refractivity contribution in [3.8, 4) is 5.75 Å². The third kappa shape index (κ3) is 3.08. The first-order chi connectivity index (χ1) is 8.88. The number of nitrogens with zero attached hydrogens (tertiary/aromatic N) is 2. The van der Waals surface area contributed by atoms with Crippen LogP contribution in [0.1, 0.15) is 36.8 Å². The largest absolute Gasteiger partial charge is 0.505 e. The van der Waals surface area contributed by atoms with Crippen LogP contribution in [-0.2, 0) is 5.41 Å². The fourth-order valence-corrected chi connectivity index (χ4v) is 2.35. The number of nitrogens with one attached hydrogen (secondary N) is 1. The van der Waals surface area contributed by atoms with E-state index in [4.69, 9.17) is 0 Å². The maximum Gasteiger partial charge on any atom is 0.261 e. The Hall–Kier alpha value is -1.95. The molecule has 19 heavy (non-hydrogen) atoms. The lowest BCUT2D eigenvalue weighted by atomic mass is 9.93. The lowest BCUT2D eigenvalue weighted by molar-refractivity contribution is 0.102. The number of carbonyl (C=O) groups excluding carboxylic acids is 1. The maximum absolute atomic E-state index is 12.0. The Bertz CT molecular complexity index is 602. The van der Waals surface area contributed by atoms with Gasteiger partial charge < -0.3 is 5.11 Å². The van der Waals surface area contributed by atoms with Crippen LogP contribution >= 0.6 is 11.3 Å². The Labute approximate surface area is 115 Å². The first kappa shape index (κ1) is 13.5. The first-order valence-corrected chi connectivity index (χ1v) is 6.66. The van der Waals surface area contributed by atoms with E-state index in [0.29, 0.717) is 5.13 Å². The van der Waals surface area contributed by atoms with Gasteiger partial charge in [0.1, 0.15) is 5.75 Å². The van der Waals surface area contributed by atoms with E-state index >= 15 is 0 Å². The highest BCUT2D eigenvalue weighted by atomic mass is 32.1. The van der Waals surface area contributed by atoms with E-state index in [9.17, 15) is 9.90 Å². The number of hydrogen-bond acceptors (Lipinski definition) is 5. The molecule has 2 rings (SSSR count). The quantitative estimate of drug-likeness (QED) is 0.885. The van der Waals surface area contributed by atoms with Gasteiger partial charge in [0.25, 0.3) is 5.91 Å². The van der Waals surface area contributed by atoms with E-state index in [1.54, 1.807) is 0 Å². The molecule has 0 saturated carbocycles. The van der Waals surface area contributed by atoms with Crippen molar-refractivity contribution in [3.05, 3.63) is 35.1 Å². The van der Waals surface area contributed by atoms with Gasteiger partial charge in [0.15, 0.2) is 5.13 Å². The number of amides is 1. The lowest BCUT2D eigenvalue weighted by Crippen LogP contribution is -2.14. The topological polar surface area (TPSA) is 75.1 Å². The van der Waals surface area contributed by atoms with E-state index in [0.717, 1.165) is 5.69 Å². The standard InChI is InChI=1S/C13H15N3O2S/c1-13(2,3)10-7-19-12(15-10)16-11(18)8-4-5-14-6-9(8)17/h4-7,17H,1-3H3,(H,15,16,18). The van der Waals surface area contributed by atoms with E-state index in [2.05, 4.69) is 36.1 Å². The third-order valence-corrected chi connectivity index (χ3v) is 3.30. The van der Waals surface area contributed by atoms with E-state index in [1.165, 1.54) is 29.8 Å². The van der Waals surface area contributed by atoms with Crippen LogP contribution in [0.2, 0.25) is 0 Å². The van der Waals surface area contributed by atoms with Gasteiger partial charge in [-0.25, -0.2) is 4.98 Å². The zero-order valence-corrected chi connectivity index (χ0v) is 11.8. The maximum atomic E-state index is 12.0. The van der Waals surface area contributed by atoms with Gasteiger partial charge in [-0.1, -0.05) is 20.8 Å². The normalized spacial score (nSPS) is 11.3. The fraction of sp³-hybridized carbons (Fsp3) is 0.308. The van der Waals surface area contributed by atoms with Crippen molar-refractivity contribution in [1.29, 1.82) is 0 Å². The molecule has 5 nitrogen and oxygen atoms in total. The predicted octanol–water partition coefficient (Wildman–Crippen LogP) is 2.79. The van der Waals surface area contributed by atoms with Crippen LogP contribution in [-0.4, -0.2) is 21.0 Å². The van der Waals surface area contributed by atoms with Crippen molar-refractivity contribution < 1.29 is 9.90 Å². The minimum Gasteiger partial charge on any atom is -0.505 e. The van der Waals surface area contributed by atoms with Crippen molar-refractivity contribution in [2.45, 2.75) is 26.2 Å². The van der Waals surface area contributed by atoms with Gasteiger partial charge in [0.2, 0.25) is 0 Å². The smallest absolute Gasteiger partial charge is 0.261 e. The minimum absolute atomic E-state index is 0.0573. The average molecular weight is 277 g/mol. The molecule has 2 heterocycles. The van der Waals surface area contributed by atoms with Crippen molar-refractivity contribution in [3.63, 3.8) is 0 Å². The minimum atomic E-state index is -0.394. The summed E-state index contributed by atoms with van der Waals surface area (Å²) in [4.78, 5) is 20.1. The zero-order chi connectivity index (χ0) is 14.0. The molecule has 0 unspecified atom stereocenters. The summed E-state index contributed by atoms with van der Waals surface area (Å²) in [7, 11) is 0. The molecule has 0 aromatic carbocycles. The number of thiazole rings is 1. The monoisotopic (exact) mass is 277 g/mol. The van der Waals surface area contributed by atoms with Crippen molar-refractivity contribution in [2.24, 2.45) is 0 Å². The molecule has 0 fully saturated rings. The molecule has 0 atom stereocenters. The average Bonchev–Trinajstić information content (AvgIpc) is 2.77. The van der Waals surface area contributed by atoms with Gasteiger partial charge in [0, 0.05) is 17.0 Å². The highest BCUT2D eigenvalue weighted by Gasteiger charge is 2.19. The van der Waals surface area contributed by atoms with E-state index < -0.39 is 5.91 Å².